The van der Waals surface area contributed by atoms with Crippen LogP contribution >= 0.6 is 0 Å². The van der Waals surface area contributed by atoms with Crippen molar-refractivity contribution in [1.29, 1.82) is 0 Å². The number of morpholine rings is 1. The summed E-state index contributed by atoms with van der Waals surface area (Å²) in [5.41, 5.74) is -0.818. The SMILES string of the molecule is CNC(=O)C1(C)CN(C2CCN(S(C)(=O)=O)CC2)CCO1. The first-order valence-electron chi connectivity index (χ1n) is 7.31. The third kappa shape index (κ3) is 3.74. The summed E-state index contributed by atoms with van der Waals surface area (Å²) >= 11 is 0. The van der Waals surface area contributed by atoms with Crippen molar-refractivity contribution in [3.05, 3.63) is 0 Å². The Morgan fingerprint density at radius 3 is 2.43 bits per heavy atom. The molecule has 1 amide bonds. The van der Waals surface area contributed by atoms with Gasteiger partial charge in [0, 0.05) is 39.3 Å². The molecule has 2 rings (SSSR count). The normalized spacial score (nSPS) is 30.2. The van der Waals surface area contributed by atoms with Gasteiger partial charge in [0.2, 0.25) is 10.0 Å². The molecule has 1 unspecified atom stereocenters. The second kappa shape index (κ2) is 6.20. The first-order valence-corrected chi connectivity index (χ1v) is 9.16. The first kappa shape index (κ1) is 16.7. The minimum absolute atomic E-state index is 0.110. The van der Waals surface area contributed by atoms with Crippen LogP contribution in [0, 0.1) is 0 Å². The highest BCUT2D eigenvalue weighted by molar-refractivity contribution is 7.88. The summed E-state index contributed by atoms with van der Waals surface area (Å²) in [5.74, 6) is -0.110. The topological polar surface area (TPSA) is 79.0 Å². The Morgan fingerprint density at radius 1 is 1.29 bits per heavy atom. The Morgan fingerprint density at radius 2 is 1.90 bits per heavy atom. The molecular weight excluding hydrogens is 294 g/mol. The minimum atomic E-state index is -3.09. The molecule has 2 heterocycles. The minimum Gasteiger partial charge on any atom is -0.363 e. The first-order chi connectivity index (χ1) is 9.76. The van der Waals surface area contributed by atoms with Gasteiger partial charge in [-0.25, -0.2) is 12.7 Å². The molecule has 8 heteroatoms. The lowest BCUT2D eigenvalue weighted by Gasteiger charge is -2.44. The Hall–Kier alpha value is -0.700. The standard InChI is InChI=1S/C13H25N3O4S/c1-13(12(17)14-2)10-15(8-9-20-13)11-4-6-16(7-5-11)21(3,18)19/h11H,4-10H2,1-3H3,(H,14,17). The van der Waals surface area contributed by atoms with Crippen molar-refractivity contribution in [3.63, 3.8) is 0 Å². The quantitative estimate of drug-likeness (QED) is 0.740. The molecule has 7 nitrogen and oxygen atoms in total. The molecule has 21 heavy (non-hydrogen) atoms. The zero-order valence-corrected chi connectivity index (χ0v) is 13.8. The van der Waals surface area contributed by atoms with Gasteiger partial charge in [0.25, 0.3) is 5.91 Å². The molecule has 1 N–H and O–H groups in total. The molecular formula is C13H25N3O4S. The van der Waals surface area contributed by atoms with E-state index < -0.39 is 15.6 Å². The number of nitrogens with zero attached hydrogens (tertiary/aromatic N) is 2. The van der Waals surface area contributed by atoms with Crippen LogP contribution in [0.1, 0.15) is 19.8 Å². The lowest BCUT2D eigenvalue weighted by atomic mass is 9.98. The molecule has 0 radical (unpaired) electrons. The fourth-order valence-electron chi connectivity index (χ4n) is 3.15. The van der Waals surface area contributed by atoms with Crippen LogP contribution in [0.3, 0.4) is 0 Å². The fraction of sp³-hybridized carbons (Fsp3) is 0.923. The average Bonchev–Trinajstić information content (AvgIpc) is 2.45. The van der Waals surface area contributed by atoms with Crippen LogP contribution in [0.25, 0.3) is 0 Å². The summed E-state index contributed by atoms with van der Waals surface area (Å²) in [7, 11) is -1.48. The van der Waals surface area contributed by atoms with E-state index in [1.165, 1.54) is 10.6 Å². The Kier molecular flexibility index (Phi) is 4.92. The number of piperidine rings is 1. The molecule has 2 saturated heterocycles. The Balaban J connectivity index is 1.96. The van der Waals surface area contributed by atoms with Crippen LogP contribution in [-0.2, 0) is 19.6 Å². The van der Waals surface area contributed by atoms with E-state index in [0.29, 0.717) is 32.3 Å². The molecule has 1 atom stereocenters. The molecule has 2 aliphatic heterocycles. The number of nitrogens with one attached hydrogen (secondary N) is 1. The second-order valence-electron chi connectivity index (χ2n) is 6.02. The maximum Gasteiger partial charge on any atom is 0.253 e. The number of hydrogen-bond donors (Lipinski definition) is 1. The third-order valence-corrected chi connectivity index (χ3v) is 5.72. The summed E-state index contributed by atoms with van der Waals surface area (Å²) in [6.45, 7) is 4.78. The summed E-state index contributed by atoms with van der Waals surface area (Å²) in [5, 5.41) is 2.65. The molecule has 2 fully saturated rings. The molecule has 0 saturated carbocycles. The van der Waals surface area contributed by atoms with Crippen molar-refractivity contribution in [2.24, 2.45) is 0 Å². The molecule has 0 bridgehead atoms. The number of carbonyl (C=O) groups is 1. The number of amides is 1. The number of hydrogen-bond acceptors (Lipinski definition) is 5. The van der Waals surface area contributed by atoms with Crippen molar-refractivity contribution in [2.45, 2.75) is 31.4 Å². The van der Waals surface area contributed by atoms with Crippen molar-refractivity contribution >= 4 is 15.9 Å². The van der Waals surface area contributed by atoms with E-state index in [1.54, 1.807) is 7.05 Å². The van der Waals surface area contributed by atoms with Crippen LogP contribution in [0.15, 0.2) is 0 Å². The van der Waals surface area contributed by atoms with Crippen LogP contribution in [0.5, 0.6) is 0 Å². The zero-order valence-electron chi connectivity index (χ0n) is 13.0. The van der Waals surface area contributed by atoms with E-state index >= 15 is 0 Å². The molecule has 2 aliphatic rings. The van der Waals surface area contributed by atoms with E-state index in [1.807, 2.05) is 6.92 Å². The smallest absolute Gasteiger partial charge is 0.253 e. The summed E-state index contributed by atoms with van der Waals surface area (Å²) in [4.78, 5) is 14.2. The van der Waals surface area contributed by atoms with Crippen LogP contribution in [-0.4, -0.2) is 81.3 Å². The number of ether oxygens (including phenoxy) is 1. The van der Waals surface area contributed by atoms with Crippen molar-refractivity contribution in [3.8, 4) is 0 Å². The molecule has 122 valence electrons. The van der Waals surface area contributed by atoms with Gasteiger partial charge in [-0.15, -0.1) is 0 Å². The lowest BCUT2D eigenvalue weighted by Crippen LogP contribution is -2.60. The van der Waals surface area contributed by atoms with Gasteiger partial charge in [-0.05, 0) is 19.8 Å². The van der Waals surface area contributed by atoms with Gasteiger partial charge in [-0.1, -0.05) is 0 Å². The lowest BCUT2D eigenvalue weighted by molar-refractivity contribution is -0.159. The van der Waals surface area contributed by atoms with E-state index in [2.05, 4.69) is 10.2 Å². The fourth-order valence-corrected chi connectivity index (χ4v) is 4.03. The van der Waals surface area contributed by atoms with Crippen LogP contribution < -0.4 is 5.32 Å². The van der Waals surface area contributed by atoms with Gasteiger partial charge >= 0.3 is 0 Å². The number of rotatable bonds is 3. The van der Waals surface area contributed by atoms with Crippen molar-refractivity contribution in [1.82, 2.24) is 14.5 Å². The maximum atomic E-state index is 12.0. The van der Waals surface area contributed by atoms with Crippen LogP contribution in [0.2, 0.25) is 0 Å². The van der Waals surface area contributed by atoms with Gasteiger partial charge in [0.15, 0.2) is 5.60 Å². The number of likely N-dealkylation sites (N-methyl/N-ethyl adjacent to an activating group) is 1. The highest BCUT2D eigenvalue weighted by Gasteiger charge is 2.41. The average molecular weight is 319 g/mol. The van der Waals surface area contributed by atoms with Gasteiger partial charge < -0.3 is 10.1 Å². The highest BCUT2D eigenvalue weighted by Crippen LogP contribution is 2.25. The van der Waals surface area contributed by atoms with Gasteiger partial charge in [0.05, 0.1) is 12.9 Å². The van der Waals surface area contributed by atoms with E-state index in [0.717, 1.165) is 19.4 Å². The Labute approximate surface area is 126 Å². The Bertz CT molecular complexity index is 488. The van der Waals surface area contributed by atoms with Gasteiger partial charge in [0.1, 0.15) is 0 Å². The van der Waals surface area contributed by atoms with Crippen LogP contribution in [0.4, 0.5) is 0 Å². The summed E-state index contributed by atoms with van der Waals surface area (Å²) in [6.07, 6.45) is 2.86. The summed E-state index contributed by atoms with van der Waals surface area (Å²) < 4.78 is 30.3. The van der Waals surface area contributed by atoms with E-state index in [-0.39, 0.29) is 5.91 Å². The number of sulfonamides is 1. The highest BCUT2D eigenvalue weighted by atomic mass is 32.2. The van der Waals surface area contributed by atoms with E-state index in [4.69, 9.17) is 4.74 Å². The largest absolute Gasteiger partial charge is 0.363 e. The van der Waals surface area contributed by atoms with Gasteiger partial charge in [-0.2, -0.15) is 0 Å². The molecule has 0 aromatic carbocycles. The molecule has 0 spiro atoms. The third-order valence-electron chi connectivity index (χ3n) is 4.42. The summed E-state index contributed by atoms with van der Waals surface area (Å²) in [6, 6.07) is 0.316. The van der Waals surface area contributed by atoms with Gasteiger partial charge in [-0.3, -0.25) is 9.69 Å². The van der Waals surface area contributed by atoms with Crippen molar-refractivity contribution < 1.29 is 17.9 Å². The monoisotopic (exact) mass is 319 g/mol. The molecule has 0 aromatic rings. The molecule has 0 aliphatic carbocycles. The number of carbonyl (C=O) groups excluding carboxylic acids is 1. The van der Waals surface area contributed by atoms with Crippen molar-refractivity contribution in [2.75, 3.05) is 46.1 Å². The predicted octanol–water partition coefficient (Wildman–Crippen LogP) is -0.753. The maximum absolute atomic E-state index is 12.0. The molecule has 0 aromatic heterocycles. The zero-order chi connectivity index (χ0) is 15.7. The second-order valence-corrected chi connectivity index (χ2v) is 8.00. The van der Waals surface area contributed by atoms with E-state index in [9.17, 15) is 13.2 Å². The predicted molar refractivity (Wildman–Crippen MR) is 79.4 cm³/mol.